The highest BCUT2D eigenvalue weighted by Crippen LogP contribution is 2.31. The predicted molar refractivity (Wildman–Crippen MR) is 54.1 cm³/mol. The van der Waals surface area contributed by atoms with Gasteiger partial charge in [-0.05, 0) is 25.0 Å². The highest BCUT2D eigenvalue weighted by molar-refractivity contribution is 5.80. The number of rotatable bonds is 1. The fourth-order valence-corrected chi connectivity index (χ4v) is 1.99. The molecule has 1 fully saturated rings. The third-order valence-electron chi connectivity index (χ3n) is 2.73. The van der Waals surface area contributed by atoms with Gasteiger partial charge in [-0.15, -0.1) is 0 Å². The van der Waals surface area contributed by atoms with Gasteiger partial charge in [-0.1, -0.05) is 24.3 Å². The summed E-state index contributed by atoms with van der Waals surface area (Å²) in [6, 6.07) is 8.01. The molecular formula is C12H14O2. The average molecular weight is 190 g/mol. The number of benzene rings is 1. The van der Waals surface area contributed by atoms with Gasteiger partial charge in [-0.2, -0.15) is 0 Å². The summed E-state index contributed by atoms with van der Waals surface area (Å²) >= 11 is 0. The van der Waals surface area contributed by atoms with Gasteiger partial charge in [0, 0.05) is 6.42 Å². The summed E-state index contributed by atoms with van der Waals surface area (Å²) in [4.78, 5) is 11.5. The molecule has 1 aromatic carbocycles. The summed E-state index contributed by atoms with van der Waals surface area (Å²) in [7, 11) is 0. The van der Waals surface area contributed by atoms with Crippen molar-refractivity contribution >= 4 is 5.97 Å². The number of cyclic esters (lactones) is 1. The van der Waals surface area contributed by atoms with E-state index in [1.54, 1.807) is 0 Å². The molecule has 0 amide bonds. The second-order valence-electron chi connectivity index (χ2n) is 3.89. The molecule has 0 aromatic heterocycles. The quantitative estimate of drug-likeness (QED) is 0.636. The molecule has 0 N–H and O–H groups in total. The van der Waals surface area contributed by atoms with Gasteiger partial charge in [-0.3, -0.25) is 4.79 Å². The first kappa shape index (κ1) is 9.25. The first-order valence-electron chi connectivity index (χ1n) is 4.94. The Morgan fingerprint density at radius 3 is 2.64 bits per heavy atom. The molecule has 2 nitrogen and oxygen atoms in total. The van der Waals surface area contributed by atoms with Crippen LogP contribution in [0.25, 0.3) is 0 Å². The molecule has 1 heterocycles. The van der Waals surface area contributed by atoms with Crippen molar-refractivity contribution in [2.45, 2.75) is 32.3 Å². The van der Waals surface area contributed by atoms with Crippen molar-refractivity contribution < 1.29 is 9.53 Å². The lowest BCUT2D eigenvalue weighted by Gasteiger charge is -2.08. The van der Waals surface area contributed by atoms with Crippen LogP contribution >= 0.6 is 0 Å². The Labute approximate surface area is 83.9 Å². The Morgan fingerprint density at radius 1 is 1.36 bits per heavy atom. The molecule has 0 spiro atoms. The minimum atomic E-state index is -0.0770. The molecule has 74 valence electrons. The number of carbonyl (C=O) groups excluding carboxylic acids is 1. The molecule has 2 heteroatoms. The van der Waals surface area contributed by atoms with Gasteiger partial charge in [0.2, 0.25) is 0 Å². The lowest BCUT2D eigenvalue weighted by molar-refractivity contribution is -0.141. The zero-order valence-electron chi connectivity index (χ0n) is 8.49. The average Bonchev–Trinajstić information content (AvgIpc) is 2.46. The van der Waals surface area contributed by atoms with Crippen molar-refractivity contribution in [2.75, 3.05) is 0 Å². The fourth-order valence-electron chi connectivity index (χ4n) is 1.99. The van der Waals surface area contributed by atoms with E-state index in [0.717, 1.165) is 12.0 Å². The minimum absolute atomic E-state index is 0.0498. The van der Waals surface area contributed by atoms with E-state index in [-0.39, 0.29) is 18.0 Å². The maximum Gasteiger partial charge on any atom is 0.313 e. The zero-order chi connectivity index (χ0) is 10.1. The van der Waals surface area contributed by atoms with E-state index < -0.39 is 0 Å². The molecule has 2 unspecified atom stereocenters. The van der Waals surface area contributed by atoms with Crippen LogP contribution in [-0.4, -0.2) is 12.1 Å². The predicted octanol–water partition coefficient (Wildman–Crippen LogP) is 2.41. The zero-order valence-corrected chi connectivity index (χ0v) is 8.49. The highest BCUT2D eigenvalue weighted by atomic mass is 16.5. The Morgan fingerprint density at radius 2 is 2.07 bits per heavy atom. The van der Waals surface area contributed by atoms with Crippen LogP contribution in [-0.2, 0) is 9.53 Å². The lowest BCUT2D eigenvalue weighted by atomic mass is 9.92. The molecule has 0 radical (unpaired) electrons. The van der Waals surface area contributed by atoms with Crippen molar-refractivity contribution in [1.29, 1.82) is 0 Å². The van der Waals surface area contributed by atoms with E-state index in [9.17, 15) is 4.79 Å². The van der Waals surface area contributed by atoms with Gasteiger partial charge < -0.3 is 4.74 Å². The van der Waals surface area contributed by atoms with E-state index in [2.05, 4.69) is 0 Å². The molecule has 14 heavy (non-hydrogen) atoms. The van der Waals surface area contributed by atoms with E-state index in [0.29, 0.717) is 0 Å². The molecule has 2 rings (SSSR count). The fraction of sp³-hybridized carbons (Fsp3) is 0.417. The number of aryl methyl sites for hydroxylation is 1. The summed E-state index contributed by atoms with van der Waals surface area (Å²) in [6.45, 7) is 3.97. The van der Waals surface area contributed by atoms with Crippen molar-refractivity contribution in [3.05, 3.63) is 35.4 Å². The van der Waals surface area contributed by atoms with E-state index in [1.165, 1.54) is 5.56 Å². The van der Waals surface area contributed by atoms with Crippen molar-refractivity contribution in [3.8, 4) is 0 Å². The van der Waals surface area contributed by atoms with Crippen LogP contribution in [0.3, 0.4) is 0 Å². The number of hydrogen-bond acceptors (Lipinski definition) is 2. The number of esters is 1. The Balaban J connectivity index is 2.32. The van der Waals surface area contributed by atoms with E-state index in [1.807, 2.05) is 38.1 Å². The largest absolute Gasteiger partial charge is 0.462 e. The second-order valence-corrected chi connectivity index (χ2v) is 3.89. The minimum Gasteiger partial charge on any atom is -0.462 e. The number of hydrogen-bond donors (Lipinski definition) is 0. The maximum atomic E-state index is 11.5. The second kappa shape index (κ2) is 3.45. The van der Waals surface area contributed by atoms with Crippen LogP contribution in [0, 0.1) is 6.92 Å². The molecule has 1 aliphatic rings. The summed E-state index contributed by atoms with van der Waals surface area (Å²) in [5, 5.41) is 0. The van der Waals surface area contributed by atoms with Crippen molar-refractivity contribution in [3.63, 3.8) is 0 Å². The molecule has 1 aliphatic heterocycles. The van der Waals surface area contributed by atoms with Gasteiger partial charge in [0.05, 0.1) is 5.92 Å². The van der Waals surface area contributed by atoms with Crippen molar-refractivity contribution in [1.82, 2.24) is 0 Å². The Kier molecular flexibility index (Phi) is 2.28. The van der Waals surface area contributed by atoms with Gasteiger partial charge in [-0.25, -0.2) is 0 Å². The molecular weight excluding hydrogens is 176 g/mol. The van der Waals surface area contributed by atoms with Crippen LogP contribution in [0.15, 0.2) is 24.3 Å². The smallest absolute Gasteiger partial charge is 0.313 e. The lowest BCUT2D eigenvalue weighted by Crippen LogP contribution is -2.06. The Bertz CT molecular complexity index is 357. The third-order valence-corrected chi connectivity index (χ3v) is 2.73. The van der Waals surface area contributed by atoms with Crippen LogP contribution in [0.4, 0.5) is 0 Å². The molecule has 1 saturated heterocycles. The number of ether oxygens (including phenoxy) is 1. The Hall–Kier alpha value is -1.31. The summed E-state index contributed by atoms with van der Waals surface area (Å²) in [6.07, 6.45) is 0.871. The number of carbonyl (C=O) groups is 1. The van der Waals surface area contributed by atoms with Gasteiger partial charge in [0.25, 0.3) is 0 Å². The summed E-state index contributed by atoms with van der Waals surface area (Å²) in [5.74, 6) is -0.127. The topological polar surface area (TPSA) is 26.3 Å². The van der Waals surface area contributed by atoms with Gasteiger partial charge >= 0.3 is 5.97 Å². The molecule has 0 bridgehead atoms. The van der Waals surface area contributed by atoms with Gasteiger partial charge in [0.15, 0.2) is 0 Å². The molecule has 0 aliphatic carbocycles. The molecule has 2 atom stereocenters. The van der Waals surface area contributed by atoms with Crippen LogP contribution < -0.4 is 0 Å². The molecule has 0 saturated carbocycles. The van der Waals surface area contributed by atoms with Crippen LogP contribution in [0.2, 0.25) is 0 Å². The highest BCUT2D eigenvalue weighted by Gasteiger charge is 2.33. The van der Waals surface area contributed by atoms with Crippen molar-refractivity contribution in [2.24, 2.45) is 0 Å². The third kappa shape index (κ3) is 1.52. The SMILES string of the molecule is Cc1ccccc1C1CC(C)OC1=O. The van der Waals surface area contributed by atoms with Crippen LogP contribution in [0.5, 0.6) is 0 Å². The standard InChI is InChI=1S/C12H14O2/c1-8-5-3-4-6-10(8)11-7-9(2)14-12(11)13/h3-6,9,11H,7H2,1-2H3. The first-order chi connectivity index (χ1) is 6.68. The summed E-state index contributed by atoms with van der Waals surface area (Å²) < 4.78 is 5.14. The van der Waals surface area contributed by atoms with Crippen LogP contribution in [0.1, 0.15) is 30.4 Å². The monoisotopic (exact) mass is 190 g/mol. The normalized spacial score (nSPS) is 26.3. The summed E-state index contributed by atoms with van der Waals surface area (Å²) in [5.41, 5.74) is 2.28. The first-order valence-corrected chi connectivity index (χ1v) is 4.94. The van der Waals surface area contributed by atoms with E-state index >= 15 is 0 Å². The molecule has 1 aromatic rings. The van der Waals surface area contributed by atoms with Gasteiger partial charge in [0.1, 0.15) is 6.10 Å². The van der Waals surface area contributed by atoms with E-state index in [4.69, 9.17) is 4.74 Å². The maximum absolute atomic E-state index is 11.5.